The van der Waals surface area contributed by atoms with E-state index in [2.05, 4.69) is 0 Å². The second kappa shape index (κ2) is 13.7. The van der Waals surface area contributed by atoms with Gasteiger partial charge in [0, 0.05) is 21.9 Å². The molecular weight excluding hydrogens is 822 g/mol. The van der Waals surface area contributed by atoms with E-state index in [9.17, 15) is 29.4 Å². The molecule has 0 spiro atoms. The fourth-order valence-electron chi connectivity index (χ4n) is 4.81. The molecule has 12 heteroatoms. The molecule has 0 atom stereocenters. The molecular formula is C34H22I2O10. The smallest absolute Gasteiger partial charge is 0.311 e. The van der Waals surface area contributed by atoms with Crippen molar-refractivity contribution in [1.82, 2.24) is 0 Å². The number of furan rings is 2. The molecule has 4 N–H and O–H groups in total. The minimum atomic E-state index is -1.07. The molecule has 0 aliphatic heterocycles. The van der Waals surface area contributed by atoms with Crippen LogP contribution in [0, 0.1) is 7.14 Å². The molecule has 6 aromatic rings. The van der Waals surface area contributed by atoms with Gasteiger partial charge < -0.3 is 29.3 Å². The number of carbonyl (C=O) groups excluding carboxylic acids is 2. The van der Waals surface area contributed by atoms with Crippen LogP contribution in [0.4, 0.5) is 0 Å². The van der Waals surface area contributed by atoms with Crippen molar-refractivity contribution in [3.8, 4) is 11.5 Å². The van der Waals surface area contributed by atoms with Gasteiger partial charge in [0.1, 0.15) is 47.0 Å². The number of phenolic OH excluding ortho intramolecular Hbond substituents is 2. The lowest BCUT2D eigenvalue weighted by molar-refractivity contribution is -0.137. The Labute approximate surface area is 287 Å². The van der Waals surface area contributed by atoms with E-state index < -0.39 is 11.9 Å². The standard InChI is InChI=1S/C17H10I2O5.C17H12O5/c18-10-5-8(6-11(19)17(10)23)16(22)15-9-3-1-2-4-12(9)24-13(15)7-14(20)21;18-11-7-5-10(6-8-11)17(21)16-12-3-1-2-4-13(12)22-14(16)9-15(19)20/h1-6,23H,7H2,(H,20,21);1-8,18H,9H2,(H,19,20). The highest BCUT2D eigenvalue weighted by Gasteiger charge is 2.25. The average molecular weight is 844 g/mol. The molecule has 2 heterocycles. The molecule has 0 bridgehead atoms. The summed E-state index contributed by atoms with van der Waals surface area (Å²) in [6.07, 6.45) is -0.740. The van der Waals surface area contributed by atoms with Gasteiger partial charge in [-0.15, -0.1) is 0 Å². The molecule has 0 radical (unpaired) electrons. The number of para-hydroxylation sites is 2. The summed E-state index contributed by atoms with van der Waals surface area (Å²) in [5, 5.41) is 38.4. The number of hydrogen-bond acceptors (Lipinski definition) is 8. The lowest BCUT2D eigenvalue weighted by atomic mass is 9.99. The van der Waals surface area contributed by atoms with Gasteiger partial charge in [0.05, 0.1) is 18.3 Å². The Bertz CT molecular complexity index is 2120. The van der Waals surface area contributed by atoms with E-state index in [0.29, 0.717) is 40.2 Å². The van der Waals surface area contributed by atoms with Gasteiger partial charge in [0.15, 0.2) is 11.6 Å². The van der Waals surface area contributed by atoms with Crippen LogP contribution in [0.1, 0.15) is 43.4 Å². The predicted molar refractivity (Wildman–Crippen MR) is 184 cm³/mol. The molecule has 46 heavy (non-hydrogen) atoms. The van der Waals surface area contributed by atoms with Crippen LogP contribution in [0.5, 0.6) is 11.5 Å². The number of rotatable bonds is 8. The zero-order chi connectivity index (χ0) is 33.1. The lowest BCUT2D eigenvalue weighted by Gasteiger charge is -2.06. The number of phenols is 2. The van der Waals surface area contributed by atoms with Gasteiger partial charge >= 0.3 is 11.9 Å². The van der Waals surface area contributed by atoms with Crippen LogP contribution in [0.2, 0.25) is 0 Å². The van der Waals surface area contributed by atoms with Gasteiger partial charge in [-0.05, 0) is 93.7 Å². The second-order valence-electron chi connectivity index (χ2n) is 9.93. The van der Waals surface area contributed by atoms with Crippen molar-refractivity contribution in [2.45, 2.75) is 12.8 Å². The summed E-state index contributed by atoms with van der Waals surface area (Å²) in [6, 6.07) is 22.8. The summed E-state index contributed by atoms with van der Waals surface area (Å²) >= 11 is 3.90. The molecule has 232 valence electrons. The number of aromatic hydroxyl groups is 2. The normalized spacial score (nSPS) is 10.8. The number of ketones is 2. The van der Waals surface area contributed by atoms with E-state index >= 15 is 0 Å². The zero-order valence-electron chi connectivity index (χ0n) is 23.5. The van der Waals surface area contributed by atoms with Crippen molar-refractivity contribution >= 4 is 90.6 Å². The fourth-order valence-corrected chi connectivity index (χ4v) is 6.58. The molecule has 10 nitrogen and oxygen atoms in total. The summed E-state index contributed by atoms with van der Waals surface area (Å²) in [7, 11) is 0. The van der Waals surface area contributed by atoms with Crippen LogP contribution in [0.3, 0.4) is 0 Å². The Balaban J connectivity index is 0.000000182. The van der Waals surface area contributed by atoms with E-state index in [1.807, 2.05) is 45.2 Å². The van der Waals surface area contributed by atoms with Gasteiger partial charge in [-0.2, -0.15) is 0 Å². The monoisotopic (exact) mass is 844 g/mol. The van der Waals surface area contributed by atoms with Gasteiger partial charge in [0.25, 0.3) is 0 Å². The van der Waals surface area contributed by atoms with Crippen molar-refractivity contribution in [3.63, 3.8) is 0 Å². The van der Waals surface area contributed by atoms with E-state index in [4.69, 9.17) is 19.0 Å². The third kappa shape index (κ3) is 6.92. The Morgan fingerprint density at radius 2 is 1.00 bits per heavy atom. The first-order chi connectivity index (χ1) is 21.9. The van der Waals surface area contributed by atoms with Crippen molar-refractivity contribution in [2.24, 2.45) is 0 Å². The van der Waals surface area contributed by atoms with E-state index in [1.165, 1.54) is 24.3 Å². The van der Waals surface area contributed by atoms with Crippen LogP contribution in [-0.2, 0) is 22.4 Å². The minimum Gasteiger partial charge on any atom is -0.508 e. The van der Waals surface area contributed by atoms with Gasteiger partial charge in [-0.1, -0.05) is 36.4 Å². The maximum absolute atomic E-state index is 13.0. The third-order valence-corrected chi connectivity index (χ3v) is 8.47. The van der Waals surface area contributed by atoms with Crippen molar-refractivity contribution < 1.29 is 48.4 Å². The molecule has 4 aromatic carbocycles. The first-order valence-corrected chi connectivity index (χ1v) is 15.6. The number of halogens is 2. The maximum atomic E-state index is 13.0. The molecule has 2 aromatic heterocycles. The first-order valence-electron chi connectivity index (χ1n) is 13.5. The Morgan fingerprint density at radius 3 is 1.43 bits per heavy atom. The molecule has 0 amide bonds. The Kier molecular flexibility index (Phi) is 9.76. The number of carboxylic acids is 2. The summed E-state index contributed by atoms with van der Waals surface area (Å²) in [6.45, 7) is 0. The first kappa shape index (κ1) is 32.7. The Morgan fingerprint density at radius 1 is 0.587 bits per heavy atom. The molecule has 0 aliphatic carbocycles. The second-order valence-corrected chi connectivity index (χ2v) is 12.3. The molecule has 0 unspecified atom stereocenters. The summed E-state index contributed by atoms with van der Waals surface area (Å²) in [5.41, 5.74) is 2.19. The van der Waals surface area contributed by atoms with Gasteiger partial charge in [-0.25, -0.2) is 0 Å². The highest BCUT2D eigenvalue weighted by Crippen LogP contribution is 2.33. The van der Waals surface area contributed by atoms with Crippen molar-refractivity contribution in [1.29, 1.82) is 0 Å². The van der Waals surface area contributed by atoms with Crippen LogP contribution in [0.25, 0.3) is 21.9 Å². The molecule has 0 fully saturated rings. The molecule has 6 rings (SSSR count). The summed E-state index contributed by atoms with van der Waals surface area (Å²) in [5.74, 6) is -2.36. The van der Waals surface area contributed by atoms with Crippen molar-refractivity contribution in [3.05, 3.63) is 126 Å². The zero-order valence-corrected chi connectivity index (χ0v) is 27.8. The molecule has 0 aliphatic rings. The third-order valence-electron chi connectivity index (χ3n) is 6.82. The van der Waals surface area contributed by atoms with Crippen LogP contribution in [-0.4, -0.2) is 43.9 Å². The summed E-state index contributed by atoms with van der Waals surface area (Å²) in [4.78, 5) is 47.8. The number of carbonyl (C=O) groups is 4. The van der Waals surface area contributed by atoms with Crippen molar-refractivity contribution in [2.75, 3.05) is 0 Å². The van der Waals surface area contributed by atoms with E-state index in [0.717, 1.165) is 0 Å². The van der Waals surface area contributed by atoms with Crippen LogP contribution >= 0.6 is 45.2 Å². The topological polar surface area (TPSA) is 175 Å². The highest BCUT2D eigenvalue weighted by atomic mass is 127. The molecule has 0 saturated heterocycles. The average Bonchev–Trinajstić information content (AvgIpc) is 3.56. The minimum absolute atomic E-state index is 0.0550. The van der Waals surface area contributed by atoms with E-state index in [1.54, 1.807) is 60.7 Å². The number of benzene rings is 4. The maximum Gasteiger partial charge on any atom is 0.311 e. The number of fused-ring (bicyclic) bond motifs is 2. The number of hydrogen-bond donors (Lipinski definition) is 4. The highest BCUT2D eigenvalue weighted by molar-refractivity contribution is 14.1. The SMILES string of the molecule is O=C(O)Cc1oc2ccccc2c1C(=O)c1cc(I)c(O)c(I)c1.O=C(O)Cc1oc2ccccc2c1C(=O)c1ccc(O)cc1. The number of carboxylic acid groups (broad SMARTS) is 2. The van der Waals surface area contributed by atoms with Crippen LogP contribution < -0.4 is 0 Å². The van der Waals surface area contributed by atoms with Crippen LogP contribution in [0.15, 0.2) is 93.8 Å². The fraction of sp³-hybridized carbons (Fsp3) is 0.0588. The Hall–Kier alpha value is -4.70. The number of aliphatic carboxylic acids is 2. The lowest BCUT2D eigenvalue weighted by Crippen LogP contribution is -2.08. The molecule has 0 saturated carbocycles. The van der Waals surface area contributed by atoms with E-state index in [-0.39, 0.29) is 58.6 Å². The summed E-state index contributed by atoms with van der Waals surface area (Å²) < 4.78 is 12.2. The van der Waals surface area contributed by atoms with Gasteiger partial charge in [-0.3, -0.25) is 19.2 Å². The quantitative estimate of drug-likeness (QED) is 0.0906. The van der Waals surface area contributed by atoms with Gasteiger partial charge in [0.2, 0.25) is 0 Å². The predicted octanol–water partition coefficient (Wildman–Crippen LogP) is 7.20. The largest absolute Gasteiger partial charge is 0.508 e.